The molecule has 1 amide bonds. The normalized spacial score (nSPS) is 17.5. The van der Waals surface area contributed by atoms with Gasteiger partial charge in [0.2, 0.25) is 5.96 Å². The highest BCUT2D eigenvalue weighted by Gasteiger charge is 2.53. The number of para-hydroxylation sites is 1. The van der Waals surface area contributed by atoms with Crippen molar-refractivity contribution in [1.82, 2.24) is 4.90 Å². The van der Waals surface area contributed by atoms with Gasteiger partial charge >= 0.3 is 12.1 Å². The minimum absolute atomic E-state index is 0.254. The molecule has 1 unspecified atom stereocenters. The number of esters is 1. The zero-order chi connectivity index (χ0) is 26.8. The van der Waals surface area contributed by atoms with E-state index >= 15 is 0 Å². The number of alkyl halides is 3. The molecule has 37 heavy (non-hydrogen) atoms. The molecule has 0 aliphatic carbocycles. The molecule has 11 heteroatoms. The predicted molar refractivity (Wildman–Crippen MR) is 127 cm³/mol. The first-order chi connectivity index (χ1) is 17.6. The largest absolute Gasteiger partial charge is 0.496 e. The van der Waals surface area contributed by atoms with Crippen molar-refractivity contribution in [3.63, 3.8) is 0 Å². The molecule has 0 spiro atoms. The molecule has 8 nitrogen and oxygen atoms in total. The van der Waals surface area contributed by atoms with Gasteiger partial charge < -0.3 is 20.3 Å². The third-order valence-electron chi connectivity index (χ3n) is 5.89. The number of hydrogen-bond donors (Lipinski definition) is 2. The summed E-state index contributed by atoms with van der Waals surface area (Å²) >= 11 is 0. The third kappa shape index (κ3) is 4.60. The second kappa shape index (κ2) is 9.94. The number of benzene rings is 3. The number of rotatable bonds is 7. The first kappa shape index (κ1) is 25.7. The number of aliphatic hydroxyl groups is 1. The quantitative estimate of drug-likeness (QED) is 0.469. The minimum Gasteiger partial charge on any atom is -0.496 e. The molecule has 3 aromatic rings. The standard InChI is InChI=1S/C26H22F3N3O5/c1-36-21-19(17-8-3-2-4-9-17)11-6-12-20(21)25(18-10-5-7-16(13-18)14-33)22(34)32(24(30)31-25)15-37-23(35)26(27,28)29/h2-13,33H,14-15H2,1H3,(H2,30,31). The van der Waals surface area contributed by atoms with Gasteiger partial charge in [-0.3, -0.25) is 4.79 Å². The summed E-state index contributed by atoms with van der Waals surface area (Å²) in [6.45, 7) is -1.44. The smallest absolute Gasteiger partial charge is 0.490 e. The Labute approximate surface area is 209 Å². The number of hydrogen-bond acceptors (Lipinski definition) is 7. The van der Waals surface area contributed by atoms with Gasteiger partial charge in [0.05, 0.1) is 13.7 Å². The van der Waals surface area contributed by atoms with Gasteiger partial charge in [-0.1, -0.05) is 72.8 Å². The Balaban J connectivity index is 1.91. The molecule has 3 aromatic carbocycles. The Morgan fingerprint density at radius 1 is 1.08 bits per heavy atom. The minimum atomic E-state index is -5.26. The fourth-order valence-electron chi connectivity index (χ4n) is 4.21. The molecule has 192 valence electrons. The maximum absolute atomic E-state index is 14.0. The number of aliphatic imine (C=N–C) groups is 1. The van der Waals surface area contributed by atoms with E-state index in [-0.39, 0.29) is 23.5 Å². The molecule has 0 bridgehead atoms. The molecular weight excluding hydrogens is 491 g/mol. The summed E-state index contributed by atoms with van der Waals surface area (Å²) in [4.78, 5) is 30.3. The van der Waals surface area contributed by atoms with Crippen molar-refractivity contribution in [2.24, 2.45) is 10.7 Å². The SMILES string of the molecule is COc1c(-c2ccccc2)cccc1C1(c2cccc(CO)c2)N=C(N)N(COC(=O)C(F)(F)F)C1=O. The van der Waals surface area contributed by atoms with Crippen molar-refractivity contribution in [2.75, 3.05) is 13.8 Å². The number of ether oxygens (including phenoxy) is 2. The van der Waals surface area contributed by atoms with Gasteiger partial charge in [-0.25, -0.2) is 14.7 Å². The van der Waals surface area contributed by atoms with Gasteiger partial charge in [-0.15, -0.1) is 0 Å². The lowest BCUT2D eigenvalue weighted by Gasteiger charge is -2.29. The average molecular weight is 513 g/mol. The zero-order valence-corrected chi connectivity index (χ0v) is 19.5. The number of nitrogens with zero attached hydrogens (tertiary/aromatic N) is 2. The van der Waals surface area contributed by atoms with Crippen LogP contribution < -0.4 is 10.5 Å². The first-order valence-electron chi connectivity index (χ1n) is 11.0. The van der Waals surface area contributed by atoms with Crippen molar-refractivity contribution in [1.29, 1.82) is 0 Å². The Kier molecular flexibility index (Phi) is 6.90. The van der Waals surface area contributed by atoms with Gasteiger partial charge in [-0.2, -0.15) is 13.2 Å². The lowest BCUT2D eigenvalue weighted by Crippen LogP contribution is -2.46. The van der Waals surface area contributed by atoms with E-state index in [1.165, 1.54) is 13.2 Å². The number of nitrogens with two attached hydrogens (primary N) is 1. The molecule has 1 atom stereocenters. The van der Waals surface area contributed by atoms with E-state index in [2.05, 4.69) is 9.73 Å². The van der Waals surface area contributed by atoms with Crippen LogP contribution in [0, 0.1) is 0 Å². The lowest BCUT2D eigenvalue weighted by molar-refractivity contribution is -0.202. The molecule has 1 heterocycles. The van der Waals surface area contributed by atoms with E-state index in [0.717, 1.165) is 5.56 Å². The predicted octanol–water partition coefficient (Wildman–Crippen LogP) is 3.32. The van der Waals surface area contributed by atoms with Gasteiger partial charge in [0.25, 0.3) is 5.91 Å². The van der Waals surface area contributed by atoms with Crippen LogP contribution in [0.5, 0.6) is 5.75 Å². The summed E-state index contributed by atoms with van der Waals surface area (Å²) in [6.07, 6.45) is -5.26. The zero-order valence-electron chi connectivity index (χ0n) is 19.5. The molecule has 1 aliphatic rings. The van der Waals surface area contributed by atoms with Crippen LogP contribution in [0.3, 0.4) is 0 Å². The summed E-state index contributed by atoms with van der Waals surface area (Å²) in [7, 11) is 1.42. The van der Waals surface area contributed by atoms with Gasteiger partial charge in [0, 0.05) is 11.1 Å². The van der Waals surface area contributed by atoms with Crippen molar-refractivity contribution in [2.45, 2.75) is 18.3 Å². The van der Waals surface area contributed by atoms with E-state index < -0.39 is 36.3 Å². The van der Waals surface area contributed by atoms with E-state index in [9.17, 15) is 27.9 Å². The molecule has 0 aromatic heterocycles. The van der Waals surface area contributed by atoms with Crippen LogP contribution in [-0.4, -0.2) is 47.9 Å². The number of guanidine groups is 1. The maximum atomic E-state index is 14.0. The Hall–Kier alpha value is -4.38. The van der Waals surface area contributed by atoms with Crippen molar-refractivity contribution >= 4 is 17.8 Å². The van der Waals surface area contributed by atoms with Crippen LogP contribution >= 0.6 is 0 Å². The van der Waals surface area contributed by atoms with Gasteiger partial charge in [-0.05, 0) is 16.7 Å². The monoisotopic (exact) mass is 513 g/mol. The number of amides is 1. The lowest BCUT2D eigenvalue weighted by atomic mass is 9.80. The Bertz CT molecular complexity index is 1360. The molecule has 0 radical (unpaired) electrons. The van der Waals surface area contributed by atoms with E-state index in [0.29, 0.717) is 16.0 Å². The first-order valence-corrected chi connectivity index (χ1v) is 11.0. The van der Waals surface area contributed by atoms with E-state index in [4.69, 9.17) is 10.5 Å². The Morgan fingerprint density at radius 3 is 2.43 bits per heavy atom. The van der Waals surface area contributed by atoms with E-state index in [1.54, 1.807) is 36.4 Å². The number of carbonyl (C=O) groups excluding carboxylic acids is 2. The summed E-state index contributed by atoms with van der Waals surface area (Å²) in [5, 5.41) is 9.70. The highest BCUT2D eigenvalue weighted by molar-refractivity contribution is 6.09. The highest BCUT2D eigenvalue weighted by atomic mass is 19.4. The molecule has 3 N–H and O–H groups in total. The van der Waals surface area contributed by atoms with E-state index in [1.807, 2.05) is 30.3 Å². The number of carbonyl (C=O) groups is 2. The maximum Gasteiger partial charge on any atom is 0.490 e. The van der Waals surface area contributed by atoms with Crippen LogP contribution in [0.25, 0.3) is 11.1 Å². The van der Waals surface area contributed by atoms with Crippen LogP contribution in [0.15, 0.2) is 77.8 Å². The van der Waals surface area contributed by atoms with Crippen LogP contribution in [0.1, 0.15) is 16.7 Å². The van der Waals surface area contributed by atoms with Crippen LogP contribution in [0.4, 0.5) is 13.2 Å². The summed E-state index contributed by atoms with van der Waals surface area (Å²) in [5.41, 5.74) is 6.50. The summed E-state index contributed by atoms with van der Waals surface area (Å²) in [6, 6.07) is 20.6. The third-order valence-corrected chi connectivity index (χ3v) is 5.89. The van der Waals surface area contributed by atoms with Gasteiger partial charge in [0.1, 0.15) is 5.75 Å². The van der Waals surface area contributed by atoms with Crippen molar-refractivity contribution in [3.8, 4) is 16.9 Å². The van der Waals surface area contributed by atoms with Crippen molar-refractivity contribution < 1.29 is 37.3 Å². The molecule has 4 rings (SSSR count). The number of methoxy groups -OCH3 is 1. The summed E-state index contributed by atoms with van der Waals surface area (Å²) in [5.74, 6) is -3.52. The average Bonchev–Trinajstić information content (AvgIpc) is 3.16. The fraction of sp³-hybridized carbons (Fsp3) is 0.192. The molecule has 0 fully saturated rings. The van der Waals surface area contributed by atoms with Crippen LogP contribution in [0.2, 0.25) is 0 Å². The fourth-order valence-corrected chi connectivity index (χ4v) is 4.21. The number of aliphatic hydroxyl groups excluding tert-OH is 1. The molecule has 0 saturated carbocycles. The molecule has 0 saturated heterocycles. The van der Waals surface area contributed by atoms with Gasteiger partial charge in [0.15, 0.2) is 12.3 Å². The Morgan fingerprint density at radius 2 is 1.78 bits per heavy atom. The molecule has 1 aliphatic heterocycles. The molecular formula is C26H22F3N3O5. The second-order valence-corrected chi connectivity index (χ2v) is 8.08. The van der Waals surface area contributed by atoms with Crippen molar-refractivity contribution in [3.05, 3.63) is 89.5 Å². The second-order valence-electron chi connectivity index (χ2n) is 8.08. The number of halogens is 3. The topological polar surface area (TPSA) is 114 Å². The highest BCUT2D eigenvalue weighted by Crippen LogP contribution is 2.47. The van der Waals surface area contributed by atoms with Crippen LogP contribution in [-0.2, 0) is 26.5 Å². The summed E-state index contributed by atoms with van der Waals surface area (Å²) < 4.78 is 48.2.